The summed E-state index contributed by atoms with van der Waals surface area (Å²) in [6, 6.07) is 13.2. The fraction of sp³-hybridized carbons (Fsp3) is 0.261. The van der Waals surface area contributed by atoms with Crippen LogP contribution in [0.15, 0.2) is 42.5 Å². The molecule has 4 rings (SSSR count). The molecule has 0 saturated heterocycles. The minimum absolute atomic E-state index is 0.0228. The Hall–Kier alpha value is -3.19. The van der Waals surface area contributed by atoms with Crippen LogP contribution in [-0.4, -0.2) is 23.4 Å². The van der Waals surface area contributed by atoms with Gasteiger partial charge < -0.3 is 10.1 Å². The molecule has 0 unspecified atom stereocenters. The number of benzene rings is 2. The van der Waals surface area contributed by atoms with Gasteiger partial charge in [-0.05, 0) is 48.2 Å². The third kappa shape index (κ3) is 4.07. The Labute approximate surface area is 179 Å². The number of nitrogens with one attached hydrogen (secondary N) is 2. The number of aromatic nitrogens is 1. The standard InChI is InChI=1S/C23H23N3O3S/c1-13-20(15-7-10-18-17(11-15)24-19(27)12-29-18)25-22(30-13)26-21(28)14-5-8-16(9-6-14)23(2,3)4/h5-11H,12H2,1-4H3,(H,24,27)(H,25,26,28). The molecule has 0 fully saturated rings. The number of fused-ring (bicyclic) bond motifs is 1. The molecule has 0 spiro atoms. The smallest absolute Gasteiger partial charge is 0.262 e. The summed E-state index contributed by atoms with van der Waals surface area (Å²) in [7, 11) is 0. The van der Waals surface area contributed by atoms with E-state index < -0.39 is 0 Å². The van der Waals surface area contributed by atoms with E-state index in [0.717, 1.165) is 16.1 Å². The fourth-order valence-corrected chi connectivity index (χ4v) is 4.07. The normalized spacial score (nSPS) is 13.3. The first kappa shape index (κ1) is 20.1. The second kappa shape index (κ2) is 7.57. The zero-order chi connectivity index (χ0) is 21.5. The molecule has 1 aliphatic heterocycles. The summed E-state index contributed by atoms with van der Waals surface area (Å²) in [6.45, 7) is 8.39. The van der Waals surface area contributed by atoms with E-state index in [1.807, 2.05) is 49.4 Å². The number of anilines is 2. The molecule has 0 saturated carbocycles. The maximum atomic E-state index is 12.7. The van der Waals surface area contributed by atoms with E-state index in [1.165, 1.54) is 16.9 Å². The zero-order valence-corrected chi connectivity index (χ0v) is 18.1. The molecule has 2 N–H and O–H groups in total. The SMILES string of the molecule is Cc1sc(NC(=O)c2ccc(C(C)(C)C)cc2)nc1-c1ccc2c(c1)NC(=O)CO2. The first-order valence-electron chi connectivity index (χ1n) is 9.67. The third-order valence-electron chi connectivity index (χ3n) is 4.92. The number of nitrogens with zero attached hydrogens (tertiary/aromatic N) is 1. The van der Waals surface area contributed by atoms with Crippen LogP contribution < -0.4 is 15.4 Å². The van der Waals surface area contributed by atoms with Crippen LogP contribution in [0.3, 0.4) is 0 Å². The van der Waals surface area contributed by atoms with Gasteiger partial charge in [0, 0.05) is 16.0 Å². The maximum Gasteiger partial charge on any atom is 0.262 e. The second-order valence-corrected chi connectivity index (χ2v) is 9.46. The lowest BCUT2D eigenvalue weighted by Gasteiger charge is -2.18. The lowest BCUT2D eigenvalue weighted by atomic mass is 9.87. The summed E-state index contributed by atoms with van der Waals surface area (Å²) >= 11 is 1.42. The highest BCUT2D eigenvalue weighted by molar-refractivity contribution is 7.16. The van der Waals surface area contributed by atoms with E-state index in [2.05, 4.69) is 36.4 Å². The van der Waals surface area contributed by atoms with Crippen molar-refractivity contribution < 1.29 is 14.3 Å². The summed E-state index contributed by atoms with van der Waals surface area (Å²) < 4.78 is 5.41. The number of carbonyl (C=O) groups excluding carboxylic acids is 2. The molecule has 0 atom stereocenters. The summed E-state index contributed by atoms with van der Waals surface area (Å²) in [6.07, 6.45) is 0. The van der Waals surface area contributed by atoms with Crippen molar-refractivity contribution in [2.45, 2.75) is 33.1 Å². The van der Waals surface area contributed by atoms with E-state index >= 15 is 0 Å². The topological polar surface area (TPSA) is 80.3 Å². The number of amides is 2. The van der Waals surface area contributed by atoms with Gasteiger partial charge in [-0.25, -0.2) is 4.98 Å². The fourth-order valence-electron chi connectivity index (χ4n) is 3.24. The Morgan fingerprint density at radius 2 is 1.90 bits per heavy atom. The molecule has 0 aliphatic carbocycles. The minimum atomic E-state index is -0.193. The van der Waals surface area contributed by atoms with Crippen molar-refractivity contribution in [3.05, 3.63) is 58.5 Å². The van der Waals surface area contributed by atoms with E-state index in [-0.39, 0.29) is 23.8 Å². The van der Waals surface area contributed by atoms with Gasteiger partial charge in [0.25, 0.3) is 11.8 Å². The van der Waals surface area contributed by atoms with Crippen LogP contribution in [-0.2, 0) is 10.2 Å². The molecule has 1 aromatic heterocycles. The molecule has 0 radical (unpaired) electrons. The second-order valence-electron chi connectivity index (χ2n) is 8.25. The van der Waals surface area contributed by atoms with Gasteiger partial charge in [-0.3, -0.25) is 14.9 Å². The number of aryl methyl sites for hydroxylation is 1. The highest BCUT2D eigenvalue weighted by Crippen LogP contribution is 2.36. The summed E-state index contributed by atoms with van der Waals surface area (Å²) in [4.78, 5) is 29.8. The van der Waals surface area contributed by atoms with Gasteiger partial charge in [-0.1, -0.05) is 32.9 Å². The number of ether oxygens (including phenoxy) is 1. The predicted molar refractivity (Wildman–Crippen MR) is 120 cm³/mol. The number of hydrogen-bond acceptors (Lipinski definition) is 5. The van der Waals surface area contributed by atoms with E-state index in [1.54, 1.807) is 0 Å². The van der Waals surface area contributed by atoms with Gasteiger partial charge >= 0.3 is 0 Å². The van der Waals surface area contributed by atoms with Crippen LogP contribution in [0.4, 0.5) is 10.8 Å². The molecule has 2 aromatic carbocycles. The summed E-state index contributed by atoms with van der Waals surface area (Å²) in [5.41, 5.74) is 4.04. The first-order valence-corrected chi connectivity index (χ1v) is 10.5. The third-order valence-corrected chi connectivity index (χ3v) is 5.80. The van der Waals surface area contributed by atoms with E-state index in [4.69, 9.17) is 4.74 Å². The lowest BCUT2D eigenvalue weighted by molar-refractivity contribution is -0.118. The average Bonchev–Trinajstić information content (AvgIpc) is 3.06. The summed E-state index contributed by atoms with van der Waals surface area (Å²) in [5.74, 6) is 0.264. The molecular weight excluding hydrogens is 398 g/mol. The molecule has 0 bridgehead atoms. The van der Waals surface area contributed by atoms with Crippen molar-refractivity contribution in [1.29, 1.82) is 0 Å². The van der Waals surface area contributed by atoms with Crippen molar-refractivity contribution in [2.24, 2.45) is 0 Å². The Bertz CT molecular complexity index is 1130. The average molecular weight is 422 g/mol. The van der Waals surface area contributed by atoms with Crippen molar-refractivity contribution in [3.63, 3.8) is 0 Å². The van der Waals surface area contributed by atoms with Crippen molar-refractivity contribution in [1.82, 2.24) is 4.98 Å². The van der Waals surface area contributed by atoms with Gasteiger partial charge in [0.2, 0.25) is 0 Å². The number of carbonyl (C=O) groups is 2. The quantitative estimate of drug-likeness (QED) is 0.624. The molecule has 6 nitrogen and oxygen atoms in total. The summed E-state index contributed by atoms with van der Waals surface area (Å²) in [5, 5.41) is 6.23. The monoisotopic (exact) mass is 421 g/mol. The Morgan fingerprint density at radius 1 is 1.17 bits per heavy atom. The molecule has 7 heteroatoms. The van der Waals surface area contributed by atoms with E-state index in [0.29, 0.717) is 22.1 Å². The molecule has 1 aliphatic rings. The Morgan fingerprint density at radius 3 is 2.60 bits per heavy atom. The molecule has 30 heavy (non-hydrogen) atoms. The Balaban J connectivity index is 1.54. The lowest BCUT2D eigenvalue weighted by Crippen LogP contribution is -2.25. The highest BCUT2D eigenvalue weighted by atomic mass is 32.1. The van der Waals surface area contributed by atoms with Crippen LogP contribution in [0.2, 0.25) is 0 Å². The molecule has 2 heterocycles. The number of hydrogen-bond donors (Lipinski definition) is 2. The minimum Gasteiger partial charge on any atom is -0.482 e. The van der Waals surface area contributed by atoms with Crippen LogP contribution in [0.25, 0.3) is 11.3 Å². The predicted octanol–water partition coefficient (Wildman–Crippen LogP) is 5.00. The van der Waals surface area contributed by atoms with Crippen LogP contribution >= 0.6 is 11.3 Å². The highest BCUT2D eigenvalue weighted by Gasteiger charge is 2.19. The maximum absolute atomic E-state index is 12.7. The van der Waals surface area contributed by atoms with Crippen LogP contribution in [0.5, 0.6) is 5.75 Å². The van der Waals surface area contributed by atoms with Crippen molar-refractivity contribution >= 4 is 34.0 Å². The van der Waals surface area contributed by atoms with Gasteiger partial charge in [0.1, 0.15) is 5.75 Å². The van der Waals surface area contributed by atoms with Gasteiger partial charge in [0.05, 0.1) is 11.4 Å². The molecule has 154 valence electrons. The molecular formula is C23H23N3O3S. The molecule has 3 aromatic rings. The molecule has 2 amide bonds. The van der Waals surface area contributed by atoms with Crippen LogP contribution in [0, 0.1) is 6.92 Å². The number of rotatable bonds is 3. The van der Waals surface area contributed by atoms with Gasteiger partial charge in [-0.15, -0.1) is 11.3 Å². The Kier molecular flexibility index (Phi) is 5.07. The van der Waals surface area contributed by atoms with Crippen molar-refractivity contribution in [3.8, 4) is 17.0 Å². The van der Waals surface area contributed by atoms with E-state index in [9.17, 15) is 9.59 Å². The van der Waals surface area contributed by atoms with Crippen molar-refractivity contribution in [2.75, 3.05) is 17.2 Å². The number of thiazole rings is 1. The zero-order valence-electron chi connectivity index (χ0n) is 17.3. The van der Waals surface area contributed by atoms with Crippen LogP contribution in [0.1, 0.15) is 41.6 Å². The first-order chi connectivity index (χ1) is 14.2. The van der Waals surface area contributed by atoms with Gasteiger partial charge in [-0.2, -0.15) is 0 Å². The largest absolute Gasteiger partial charge is 0.482 e. The van der Waals surface area contributed by atoms with Gasteiger partial charge in [0.15, 0.2) is 11.7 Å².